The highest BCUT2D eigenvalue weighted by molar-refractivity contribution is 5.93. The highest BCUT2D eigenvalue weighted by Crippen LogP contribution is 2.19. The first-order valence-corrected chi connectivity index (χ1v) is 7.90. The number of anilines is 1. The minimum Gasteiger partial charge on any atom is -0.455 e. The molecule has 0 unspecified atom stereocenters. The van der Waals surface area contributed by atoms with Gasteiger partial charge >= 0.3 is 5.97 Å². The van der Waals surface area contributed by atoms with Gasteiger partial charge < -0.3 is 10.1 Å². The van der Waals surface area contributed by atoms with Gasteiger partial charge in [-0.25, -0.2) is 8.78 Å². The lowest BCUT2D eigenvalue weighted by atomic mass is 10.0. The maximum absolute atomic E-state index is 13.5. The summed E-state index contributed by atoms with van der Waals surface area (Å²) in [4.78, 5) is 23.8. The van der Waals surface area contributed by atoms with E-state index < -0.39 is 30.1 Å². The molecule has 0 aliphatic heterocycles. The van der Waals surface area contributed by atoms with Gasteiger partial charge in [0, 0.05) is 6.07 Å². The Kier molecular flexibility index (Phi) is 5.22. The smallest absolute Gasteiger partial charge is 0.310 e. The monoisotopic (exact) mass is 355 g/mol. The van der Waals surface area contributed by atoms with Crippen LogP contribution in [0.3, 0.4) is 0 Å². The molecule has 0 aliphatic carbocycles. The Bertz CT molecular complexity index is 967. The SMILES string of the molecule is O=C(COC(=O)Cc1cccc2ccccc12)Nc1cc(F)ccc1F. The highest BCUT2D eigenvalue weighted by Gasteiger charge is 2.12. The molecule has 0 atom stereocenters. The summed E-state index contributed by atoms with van der Waals surface area (Å²) in [5, 5.41) is 4.09. The topological polar surface area (TPSA) is 55.4 Å². The van der Waals surface area contributed by atoms with Crippen molar-refractivity contribution in [2.24, 2.45) is 0 Å². The van der Waals surface area contributed by atoms with E-state index in [1.165, 1.54) is 0 Å². The maximum atomic E-state index is 13.5. The van der Waals surface area contributed by atoms with Gasteiger partial charge in [0.15, 0.2) is 6.61 Å². The lowest BCUT2D eigenvalue weighted by Crippen LogP contribution is -2.22. The first-order chi connectivity index (χ1) is 12.5. The van der Waals surface area contributed by atoms with E-state index in [-0.39, 0.29) is 12.1 Å². The molecule has 0 saturated carbocycles. The molecule has 0 aliphatic rings. The van der Waals surface area contributed by atoms with Gasteiger partial charge in [-0.05, 0) is 28.5 Å². The molecule has 6 heteroatoms. The molecule has 3 rings (SSSR count). The van der Waals surface area contributed by atoms with Crippen molar-refractivity contribution in [1.29, 1.82) is 0 Å². The number of hydrogen-bond donors (Lipinski definition) is 1. The van der Waals surface area contributed by atoms with Crippen LogP contribution in [0.4, 0.5) is 14.5 Å². The van der Waals surface area contributed by atoms with E-state index in [1.807, 2.05) is 42.5 Å². The number of amides is 1. The molecular formula is C20H15F2NO3. The Morgan fingerprint density at radius 3 is 2.58 bits per heavy atom. The standard InChI is InChI=1S/C20H15F2NO3/c21-15-8-9-17(22)18(11-15)23-19(24)12-26-20(25)10-14-6-3-5-13-4-1-2-7-16(13)14/h1-9,11H,10,12H2,(H,23,24). The summed E-state index contributed by atoms with van der Waals surface area (Å²) in [7, 11) is 0. The third-order valence-corrected chi connectivity index (χ3v) is 3.78. The molecule has 0 fully saturated rings. The van der Waals surface area contributed by atoms with E-state index in [4.69, 9.17) is 4.74 Å². The summed E-state index contributed by atoms with van der Waals surface area (Å²) < 4.78 is 31.5. The zero-order valence-electron chi connectivity index (χ0n) is 13.7. The van der Waals surface area contributed by atoms with E-state index >= 15 is 0 Å². The molecule has 1 amide bonds. The molecular weight excluding hydrogens is 340 g/mol. The number of hydrogen-bond acceptors (Lipinski definition) is 3. The molecule has 1 N–H and O–H groups in total. The molecule has 0 spiro atoms. The van der Waals surface area contributed by atoms with Crippen molar-refractivity contribution in [2.75, 3.05) is 11.9 Å². The molecule has 0 radical (unpaired) electrons. The zero-order chi connectivity index (χ0) is 18.5. The van der Waals surface area contributed by atoms with Gasteiger partial charge in [0.2, 0.25) is 0 Å². The minimum absolute atomic E-state index is 0.00294. The third kappa shape index (κ3) is 4.22. The van der Waals surface area contributed by atoms with Crippen LogP contribution in [0, 0.1) is 11.6 Å². The van der Waals surface area contributed by atoms with Crippen LogP contribution in [0.25, 0.3) is 10.8 Å². The quantitative estimate of drug-likeness (QED) is 0.708. The van der Waals surface area contributed by atoms with E-state index in [0.717, 1.165) is 34.5 Å². The first kappa shape index (κ1) is 17.5. The number of halogens is 2. The summed E-state index contributed by atoms with van der Waals surface area (Å²) in [5.41, 5.74) is 0.477. The van der Waals surface area contributed by atoms with Gasteiger partial charge in [-0.2, -0.15) is 0 Å². The van der Waals surface area contributed by atoms with Crippen LogP contribution < -0.4 is 5.32 Å². The zero-order valence-corrected chi connectivity index (χ0v) is 13.7. The molecule has 0 heterocycles. The molecule has 0 aromatic heterocycles. The lowest BCUT2D eigenvalue weighted by molar-refractivity contribution is -0.146. The van der Waals surface area contributed by atoms with Gasteiger partial charge in [-0.1, -0.05) is 42.5 Å². The van der Waals surface area contributed by atoms with E-state index in [9.17, 15) is 18.4 Å². The molecule has 3 aromatic rings. The summed E-state index contributed by atoms with van der Waals surface area (Å²) >= 11 is 0. The van der Waals surface area contributed by atoms with Crippen molar-refractivity contribution >= 4 is 28.3 Å². The second-order valence-electron chi connectivity index (χ2n) is 5.65. The summed E-state index contributed by atoms with van der Waals surface area (Å²) in [6.45, 7) is -0.584. The fraction of sp³-hybridized carbons (Fsp3) is 0.100. The second-order valence-corrected chi connectivity index (χ2v) is 5.65. The average molecular weight is 355 g/mol. The van der Waals surface area contributed by atoms with Crippen molar-refractivity contribution < 1.29 is 23.1 Å². The van der Waals surface area contributed by atoms with Gasteiger partial charge in [-0.3, -0.25) is 9.59 Å². The average Bonchev–Trinajstić information content (AvgIpc) is 2.63. The van der Waals surface area contributed by atoms with Crippen molar-refractivity contribution in [2.45, 2.75) is 6.42 Å². The largest absolute Gasteiger partial charge is 0.455 e. The summed E-state index contributed by atoms with van der Waals surface area (Å²) in [6.07, 6.45) is 0.00294. The molecule has 132 valence electrons. The number of benzene rings is 3. The van der Waals surface area contributed by atoms with Gasteiger partial charge in [-0.15, -0.1) is 0 Å². The van der Waals surface area contributed by atoms with Gasteiger partial charge in [0.1, 0.15) is 11.6 Å². The van der Waals surface area contributed by atoms with Crippen molar-refractivity contribution in [3.8, 4) is 0 Å². The Morgan fingerprint density at radius 2 is 1.73 bits per heavy atom. The molecule has 3 aromatic carbocycles. The predicted molar refractivity (Wildman–Crippen MR) is 93.6 cm³/mol. The van der Waals surface area contributed by atoms with Crippen LogP contribution in [0.1, 0.15) is 5.56 Å². The second kappa shape index (κ2) is 7.74. The number of esters is 1. The van der Waals surface area contributed by atoms with Crippen LogP contribution in [0.15, 0.2) is 60.7 Å². The minimum atomic E-state index is -0.776. The fourth-order valence-electron chi connectivity index (χ4n) is 2.58. The molecule has 26 heavy (non-hydrogen) atoms. The van der Waals surface area contributed by atoms with Crippen LogP contribution in [0.2, 0.25) is 0 Å². The normalized spacial score (nSPS) is 10.5. The Morgan fingerprint density at radius 1 is 0.962 bits per heavy atom. The summed E-state index contributed by atoms with van der Waals surface area (Å²) in [5.74, 6) is -2.80. The maximum Gasteiger partial charge on any atom is 0.310 e. The third-order valence-electron chi connectivity index (χ3n) is 3.78. The fourth-order valence-corrected chi connectivity index (χ4v) is 2.58. The molecule has 0 bridgehead atoms. The van der Waals surface area contributed by atoms with E-state index in [2.05, 4.69) is 5.32 Å². The van der Waals surface area contributed by atoms with Crippen LogP contribution >= 0.6 is 0 Å². The molecule has 0 saturated heterocycles. The Labute approximate surface area is 148 Å². The van der Waals surface area contributed by atoms with Crippen LogP contribution in [0.5, 0.6) is 0 Å². The van der Waals surface area contributed by atoms with E-state index in [1.54, 1.807) is 0 Å². The Hall–Kier alpha value is -3.28. The predicted octanol–water partition coefficient (Wildman–Crippen LogP) is 3.84. The first-order valence-electron chi connectivity index (χ1n) is 7.90. The van der Waals surface area contributed by atoms with Crippen molar-refractivity contribution in [3.05, 3.63) is 77.9 Å². The summed E-state index contributed by atoms with van der Waals surface area (Å²) in [6, 6.07) is 15.9. The highest BCUT2D eigenvalue weighted by atomic mass is 19.1. The number of carbonyl (C=O) groups excluding carboxylic acids is 2. The number of rotatable bonds is 5. The van der Waals surface area contributed by atoms with Crippen molar-refractivity contribution in [3.63, 3.8) is 0 Å². The number of fused-ring (bicyclic) bond motifs is 1. The van der Waals surface area contributed by atoms with Crippen LogP contribution in [-0.2, 0) is 20.7 Å². The lowest BCUT2D eigenvalue weighted by Gasteiger charge is -2.09. The number of carbonyl (C=O) groups is 2. The Balaban J connectivity index is 1.58. The number of nitrogens with one attached hydrogen (secondary N) is 1. The van der Waals surface area contributed by atoms with Crippen molar-refractivity contribution in [1.82, 2.24) is 0 Å². The van der Waals surface area contributed by atoms with Crippen LogP contribution in [-0.4, -0.2) is 18.5 Å². The number of ether oxygens (including phenoxy) is 1. The van der Waals surface area contributed by atoms with E-state index in [0.29, 0.717) is 0 Å². The van der Waals surface area contributed by atoms with Gasteiger partial charge in [0.05, 0.1) is 12.1 Å². The molecule has 4 nitrogen and oxygen atoms in total. The van der Waals surface area contributed by atoms with Gasteiger partial charge in [0.25, 0.3) is 5.91 Å².